The van der Waals surface area contributed by atoms with Gasteiger partial charge in [0, 0.05) is 25.4 Å². The highest BCUT2D eigenvalue weighted by Gasteiger charge is 2.00. The Kier molecular flexibility index (Phi) is 3.45. The van der Waals surface area contributed by atoms with E-state index in [1.807, 2.05) is 6.92 Å². The molecule has 5 heteroatoms. The Hall–Kier alpha value is -1.36. The number of aliphatic hydroxyl groups excluding tert-OH is 1. The third-order valence-electron chi connectivity index (χ3n) is 1.60. The predicted molar refractivity (Wildman–Crippen MR) is 51.9 cm³/mol. The molecule has 0 fully saturated rings. The Morgan fingerprint density at radius 3 is 2.92 bits per heavy atom. The second-order valence-corrected chi connectivity index (χ2v) is 2.63. The fourth-order valence-electron chi connectivity index (χ4n) is 0.916. The summed E-state index contributed by atoms with van der Waals surface area (Å²) < 4.78 is 0. The molecule has 0 atom stereocenters. The molecule has 72 valence electrons. The number of nitrogens with zero attached hydrogens (tertiary/aromatic N) is 2. The van der Waals surface area contributed by atoms with Crippen molar-refractivity contribution in [1.82, 2.24) is 9.97 Å². The van der Waals surface area contributed by atoms with Gasteiger partial charge in [-0.3, -0.25) is 0 Å². The lowest BCUT2D eigenvalue weighted by atomic mass is 10.3. The Balaban J connectivity index is 2.78. The fraction of sp³-hybridized carbons (Fsp3) is 0.500. The molecule has 0 aliphatic rings. The van der Waals surface area contributed by atoms with E-state index in [1.54, 1.807) is 13.2 Å². The minimum atomic E-state index is 0.0956. The van der Waals surface area contributed by atoms with Crippen LogP contribution in [0, 0.1) is 6.92 Å². The molecule has 0 radical (unpaired) electrons. The van der Waals surface area contributed by atoms with E-state index >= 15 is 0 Å². The van der Waals surface area contributed by atoms with Gasteiger partial charge in [-0.15, -0.1) is 0 Å². The highest BCUT2D eigenvalue weighted by Crippen LogP contribution is 2.11. The summed E-state index contributed by atoms with van der Waals surface area (Å²) in [4.78, 5) is 8.22. The summed E-state index contributed by atoms with van der Waals surface area (Å²) in [6.07, 6.45) is 1.73. The van der Waals surface area contributed by atoms with Crippen LogP contribution in [-0.4, -0.2) is 35.3 Å². The van der Waals surface area contributed by atoms with Crippen LogP contribution in [0.25, 0.3) is 0 Å². The number of hydrogen-bond donors (Lipinski definition) is 3. The van der Waals surface area contributed by atoms with Gasteiger partial charge in [-0.05, 0) is 6.92 Å². The summed E-state index contributed by atoms with van der Waals surface area (Å²) in [6.45, 7) is 2.51. The van der Waals surface area contributed by atoms with Gasteiger partial charge in [0.05, 0.1) is 6.61 Å². The van der Waals surface area contributed by atoms with Gasteiger partial charge >= 0.3 is 0 Å². The average Bonchev–Trinajstić information content (AvgIpc) is 2.17. The number of anilines is 2. The molecule has 0 aliphatic carbocycles. The summed E-state index contributed by atoms with van der Waals surface area (Å²) >= 11 is 0. The summed E-state index contributed by atoms with van der Waals surface area (Å²) in [5, 5.41) is 14.5. The second kappa shape index (κ2) is 4.61. The smallest absolute Gasteiger partial charge is 0.224 e. The van der Waals surface area contributed by atoms with Gasteiger partial charge in [0.2, 0.25) is 5.95 Å². The maximum atomic E-state index is 8.62. The third kappa shape index (κ3) is 2.55. The zero-order chi connectivity index (χ0) is 9.68. The van der Waals surface area contributed by atoms with Crippen molar-refractivity contribution in [2.45, 2.75) is 6.92 Å². The number of aromatic nitrogens is 2. The van der Waals surface area contributed by atoms with Crippen molar-refractivity contribution >= 4 is 11.8 Å². The van der Waals surface area contributed by atoms with Gasteiger partial charge in [0.15, 0.2) is 0 Å². The largest absolute Gasteiger partial charge is 0.395 e. The van der Waals surface area contributed by atoms with Gasteiger partial charge in [-0.1, -0.05) is 0 Å². The number of aryl methyl sites for hydroxylation is 1. The van der Waals surface area contributed by atoms with Crippen molar-refractivity contribution in [3.8, 4) is 0 Å². The van der Waals surface area contributed by atoms with Crippen LogP contribution in [0.2, 0.25) is 0 Å². The lowest BCUT2D eigenvalue weighted by Gasteiger charge is -2.07. The Morgan fingerprint density at radius 2 is 2.31 bits per heavy atom. The maximum Gasteiger partial charge on any atom is 0.224 e. The standard InChI is InChI=1S/C8H14N4O/c1-6-5-11-8(9-2)12-7(6)10-3-4-13/h5,13H,3-4H2,1-2H3,(H2,9,10,11,12). The van der Waals surface area contributed by atoms with E-state index in [9.17, 15) is 0 Å². The predicted octanol–water partition coefficient (Wildman–Crippen LogP) is 0.231. The maximum absolute atomic E-state index is 8.62. The van der Waals surface area contributed by atoms with Crippen molar-refractivity contribution in [2.75, 3.05) is 30.8 Å². The number of aliphatic hydroxyl groups is 1. The Labute approximate surface area is 77.2 Å². The molecule has 3 N–H and O–H groups in total. The van der Waals surface area contributed by atoms with Crippen LogP contribution in [0.15, 0.2) is 6.20 Å². The molecule has 5 nitrogen and oxygen atoms in total. The first kappa shape index (κ1) is 9.73. The molecule has 1 aromatic rings. The van der Waals surface area contributed by atoms with E-state index in [2.05, 4.69) is 20.6 Å². The number of rotatable bonds is 4. The molecule has 0 saturated heterocycles. The summed E-state index contributed by atoms with van der Waals surface area (Å²) in [6, 6.07) is 0. The van der Waals surface area contributed by atoms with Crippen LogP contribution < -0.4 is 10.6 Å². The summed E-state index contributed by atoms with van der Waals surface area (Å²) in [7, 11) is 1.76. The SMILES string of the molecule is CNc1ncc(C)c(NCCO)n1. The summed E-state index contributed by atoms with van der Waals surface area (Å²) in [5.41, 5.74) is 0.965. The molecule has 13 heavy (non-hydrogen) atoms. The highest BCUT2D eigenvalue weighted by molar-refractivity contribution is 5.46. The van der Waals surface area contributed by atoms with Crippen molar-refractivity contribution in [3.05, 3.63) is 11.8 Å². The van der Waals surface area contributed by atoms with E-state index in [1.165, 1.54) is 0 Å². The monoisotopic (exact) mass is 182 g/mol. The molecule has 0 saturated carbocycles. The van der Waals surface area contributed by atoms with E-state index in [0.29, 0.717) is 12.5 Å². The van der Waals surface area contributed by atoms with Gasteiger partial charge in [-0.2, -0.15) is 4.98 Å². The molecule has 0 bridgehead atoms. The minimum Gasteiger partial charge on any atom is -0.395 e. The van der Waals surface area contributed by atoms with Crippen LogP contribution in [0.4, 0.5) is 11.8 Å². The lowest BCUT2D eigenvalue weighted by molar-refractivity contribution is 0.311. The van der Waals surface area contributed by atoms with E-state index in [4.69, 9.17) is 5.11 Å². The second-order valence-electron chi connectivity index (χ2n) is 2.63. The normalized spacial score (nSPS) is 9.77. The van der Waals surface area contributed by atoms with Crippen molar-refractivity contribution < 1.29 is 5.11 Å². The van der Waals surface area contributed by atoms with Crippen molar-refractivity contribution in [1.29, 1.82) is 0 Å². The molecule has 1 heterocycles. The first-order valence-corrected chi connectivity index (χ1v) is 4.14. The van der Waals surface area contributed by atoms with Gasteiger partial charge < -0.3 is 15.7 Å². The molecule has 0 unspecified atom stereocenters. The first-order valence-electron chi connectivity index (χ1n) is 4.14. The van der Waals surface area contributed by atoms with Gasteiger partial charge in [0.25, 0.3) is 0 Å². The average molecular weight is 182 g/mol. The molecule has 0 amide bonds. The molecular formula is C8H14N4O. The fourth-order valence-corrected chi connectivity index (χ4v) is 0.916. The first-order chi connectivity index (χ1) is 6.27. The molecule has 0 aromatic carbocycles. The Bertz CT molecular complexity index is 277. The lowest BCUT2D eigenvalue weighted by Crippen LogP contribution is -2.09. The minimum absolute atomic E-state index is 0.0956. The topological polar surface area (TPSA) is 70.1 Å². The molecule has 1 rings (SSSR count). The zero-order valence-electron chi connectivity index (χ0n) is 7.83. The van der Waals surface area contributed by atoms with Crippen LogP contribution >= 0.6 is 0 Å². The van der Waals surface area contributed by atoms with Crippen LogP contribution in [0.5, 0.6) is 0 Å². The number of nitrogens with one attached hydrogen (secondary N) is 2. The van der Waals surface area contributed by atoms with Crippen LogP contribution in [0.1, 0.15) is 5.56 Å². The van der Waals surface area contributed by atoms with Crippen molar-refractivity contribution in [3.63, 3.8) is 0 Å². The molecule has 1 aromatic heterocycles. The molecular weight excluding hydrogens is 168 g/mol. The highest BCUT2D eigenvalue weighted by atomic mass is 16.3. The quantitative estimate of drug-likeness (QED) is 0.622. The Morgan fingerprint density at radius 1 is 1.54 bits per heavy atom. The van der Waals surface area contributed by atoms with E-state index < -0.39 is 0 Å². The van der Waals surface area contributed by atoms with Crippen LogP contribution in [-0.2, 0) is 0 Å². The van der Waals surface area contributed by atoms with Gasteiger partial charge in [-0.25, -0.2) is 4.98 Å². The van der Waals surface area contributed by atoms with Crippen LogP contribution in [0.3, 0.4) is 0 Å². The number of hydrogen-bond acceptors (Lipinski definition) is 5. The summed E-state index contributed by atoms with van der Waals surface area (Å²) in [5.74, 6) is 1.33. The van der Waals surface area contributed by atoms with E-state index in [0.717, 1.165) is 11.4 Å². The van der Waals surface area contributed by atoms with E-state index in [-0.39, 0.29) is 6.61 Å². The molecule has 0 aliphatic heterocycles. The zero-order valence-corrected chi connectivity index (χ0v) is 7.83. The van der Waals surface area contributed by atoms with Crippen molar-refractivity contribution in [2.24, 2.45) is 0 Å². The van der Waals surface area contributed by atoms with Gasteiger partial charge in [0.1, 0.15) is 5.82 Å². The third-order valence-corrected chi connectivity index (χ3v) is 1.60. The molecule has 0 spiro atoms.